The van der Waals surface area contributed by atoms with Crippen molar-refractivity contribution in [1.82, 2.24) is 14.9 Å². The second-order valence-electron chi connectivity index (χ2n) is 3.97. The third kappa shape index (κ3) is 1.82. The molecule has 88 valence electrons. The maximum atomic E-state index is 10.8. The molecule has 0 amide bonds. The van der Waals surface area contributed by atoms with Gasteiger partial charge in [0.25, 0.3) is 0 Å². The van der Waals surface area contributed by atoms with Crippen LogP contribution < -0.4 is 5.32 Å². The van der Waals surface area contributed by atoms with Crippen LogP contribution in [0.15, 0.2) is 0 Å². The topological polar surface area (TPSA) is 67.2 Å². The molecule has 2 atom stereocenters. The summed E-state index contributed by atoms with van der Waals surface area (Å²) in [6.07, 6.45) is 0. The maximum absolute atomic E-state index is 10.8. The molecule has 1 aliphatic rings. The predicted octanol–water partition coefficient (Wildman–Crippen LogP) is 0.825. The Bertz CT molecular complexity index is 430. The Labute approximate surface area is 98.2 Å². The Morgan fingerprint density at radius 1 is 1.62 bits per heavy atom. The highest BCUT2D eigenvalue weighted by molar-refractivity contribution is 7.99. The van der Waals surface area contributed by atoms with E-state index in [2.05, 4.69) is 10.3 Å². The third-order valence-electron chi connectivity index (χ3n) is 2.97. The first kappa shape index (κ1) is 11.5. The van der Waals surface area contributed by atoms with Crippen LogP contribution >= 0.6 is 11.8 Å². The number of aromatic nitrogens is 2. The standard InChI is InChI=1S/C10H15N3O2S/c1-5-6(2)13(3)8(11-5)9-12-7(4-16-9)10(14)15/h7,9,12H,4H2,1-3H3,(H,14,15). The number of thioether (sulfide) groups is 1. The van der Waals surface area contributed by atoms with E-state index in [1.165, 1.54) is 0 Å². The molecule has 0 bridgehead atoms. The van der Waals surface area contributed by atoms with Gasteiger partial charge in [-0.1, -0.05) is 0 Å². The molecule has 1 aromatic rings. The number of aliphatic carboxylic acids is 1. The molecular weight excluding hydrogens is 226 g/mol. The molecule has 1 fully saturated rings. The van der Waals surface area contributed by atoms with Crippen molar-refractivity contribution in [3.05, 3.63) is 17.2 Å². The summed E-state index contributed by atoms with van der Waals surface area (Å²) in [5.74, 6) is 0.701. The van der Waals surface area contributed by atoms with Crippen LogP contribution in [0.3, 0.4) is 0 Å². The first-order chi connectivity index (χ1) is 7.50. The van der Waals surface area contributed by atoms with Crippen molar-refractivity contribution in [2.45, 2.75) is 25.3 Å². The summed E-state index contributed by atoms with van der Waals surface area (Å²) in [6.45, 7) is 3.98. The van der Waals surface area contributed by atoms with Crippen molar-refractivity contribution in [2.24, 2.45) is 7.05 Å². The van der Waals surface area contributed by atoms with Gasteiger partial charge >= 0.3 is 5.97 Å². The molecular formula is C10H15N3O2S. The van der Waals surface area contributed by atoms with Gasteiger partial charge in [-0.15, -0.1) is 11.8 Å². The number of carboxylic acids is 1. The van der Waals surface area contributed by atoms with Crippen molar-refractivity contribution in [3.8, 4) is 0 Å². The monoisotopic (exact) mass is 241 g/mol. The van der Waals surface area contributed by atoms with Gasteiger partial charge in [0.1, 0.15) is 17.2 Å². The molecule has 1 saturated heterocycles. The fraction of sp³-hybridized carbons (Fsp3) is 0.600. The molecule has 16 heavy (non-hydrogen) atoms. The van der Waals surface area contributed by atoms with Gasteiger partial charge in [-0.2, -0.15) is 0 Å². The van der Waals surface area contributed by atoms with Gasteiger partial charge in [-0.25, -0.2) is 4.98 Å². The van der Waals surface area contributed by atoms with Crippen LogP contribution in [0.1, 0.15) is 22.6 Å². The van der Waals surface area contributed by atoms with E-state index in [0.29, 0.717) is 5.75 Å². The molecule has 0 aliphatic carbocycles. The number of nitrogens with zero attached hydrogens (tertiary/aromatic N) is 2. The Hall–Kier alpha value is -1.01. The highest BCUT2D eigenvalue weighted by Crippen LogP contribution is 2.32. The van der Waals surface area contributed by atoms with Gasteiger partial charge in [0.05, 0.1) is 5.69 Å². The Morgan fingerprint density at radius 2 is 2.31 bits per heavy atom. The van der Waals surface area contributed by atoms with Crippen LogP contribution in [0.4, 0.5) is 0 Å². The summed E-state index contributed by atoms with van der Waals surface area (Å²) in [6, 6.07) is -0.465. The maximum Gasteiger partial charge on any atom is 0.321 e. The van der Waals surface area contributed by atoms with Gasteiger partial charge in [0, 0.05) is 18.5 Å². The van der Waals surface area contributed by atoms with Crippen LogP contribution in [0.25, 0.3) is 0 Å². The average Bonchev–Trinajstić information content (AvgIpc) is 2.79. The SMILES string of the molecule is Cc1nc(C2NC(C(=O)O)CS2)n(C)c1C. The minimum Gasteiger partial charge on any atom is -0.480 e. The van der Waals surface area contributed by atoms with Crippen LogP contribution in [-0.4, -0.2) is 32.4 Å². The zero-order valence-corrected chi connectivity index (χ0v) is 10.3. The molecule has 5 nitrogen and oxygen atoms in total. The van der Waals surface area contributed by atoms with Crippen molar-refractivity contribution < 1.29 is 9.90 Å². The quantitative estimate of drug-likeness (QED) is 0.802. The molecule has 0 radical (unpaired) electrons. The number of aryl methyl sites for hydroxylation is 1. The van der Waals surface area contributed by atoms with Gasteiger partial charge in [0.15, 0.2) is 0 Å². The lowest BCUT2D eigenvalue weighted by Gasteiger charge is -2.11. The van der Waals surface area contributed by atoms with Gasteiger partial charge in [0.2, 0.25) is 0 Å². The van der Waals surface area contributed by atoms with E-state index in [4.69, 9.17) is 5.11 Å². The van der Waals surface area contributed by atoms with E-state index in [1.54, 1.807) is 11.8 Å². The fourth-order valence-corrected chi connectivity index (χ4v) is 2.98. The minimum absolute atomic E-state index is 0.0153. The Kier molecular flexibility index (Phi) is 2.94. The number of imidazole rings is 1. The molecule has 6 heteroatoms. The van der Waals surface area contributed by atoms with E-state index >= 15 is 0 Å². The highest BCUT2D eigenvalue weighted by Gasteiger charge is 2.32. The lowest BCUT2D eigenvalue weighted by atomic mass is 10.3. The number of hydrogen-bond donors (Lipinski definition) is 2. The smallest absolute Gasteiger partial charge is 0.321 e. The third-order valence-corrected chi connectivity index (χ3v) is 4.17. The molecule has 2 unspecified atom stereocenters. The van der Waals surface area contributed by atoms with Crippen LogP contribution in [0.5, 0.6) is 0 Å². The zero-order chi connectivity index (χ0) is 11.9. The molecule has 1 aromatic heterocycles. The molecule has 2 N–H and O–H groups in total. The lowest BCUT2D eigenvalue weighted by Crippen LogP contribution is -2.34. The normalized spacial score (nSPS) is 24.9. The summed E-state index contributed by atoms with van der Waals surface area (Å²) in [5.41, 5.74) is 2.12. The Morgan fingerprint density at radius 3 is 2.75 bits per heavy atom. The van der Waals surface area contributed by atoms with Crippen molar-refractivity contribution >= 4 is 17.7 Å². The molecule has 0 spiro atoms. The second-order valence-corrected chi connectivity index (χ2v) is 5.11. The average molecular weight is 241 g/mol. The summed E-state index contributed by atoms with van der Waals surface area (Å²) >= 11 is 1.59. The number of rotatable bonds is 2. The van der Waals surface area contributed by atoms with Crippen LogP contribution in [-0.2, 0) is 11.8 Å². The largest absolute Gasteiger partial charge is 0.480 e. The molecule has 2 heterocycles. The van der Waals surface area contributed by atoms with Gasteiger partial charge < -0.3 is 9.67 Å². The van der Waals surface area contributed by atoms with Crippen LogP contribution in [0.2, 0.25) is 0 Å². The number of carboxylic acid groups (broad SMARTS) is 1. The second kappa shape index (κ2) is 4.10. The van der Waals surface area contributed by atoms with E-state index in [0.717, 1.165) is 17.2 Å². The molecule has 2 rings (SSSR count). The van der Waals surface area contributed by atoms with Gasteiger partial charge in [-0.3, -0.25) is 10.1 Å². The summed E-state index contributed by atoms with van der Waals surface area (Å²) in [5, 5.41) is 12.0. The van der Waals surface area contributed by atoms with E-state index < -0.39 is 12.0 Å². The molecule has 0 aromatic carbocycles. The Balaban J connectivity index is 2.20. The van der Waals surface area contributed by atoms with Crippen molar-refractivity contribution in [2.75, 3.05) is 5.75 Å². The van der Waals surface area contributed by atoms with Crippen LogP contribution in [0, 0.1) is 13.8 Å². The first-order valence-corrected chi connectivity index (χ1v) is 6.16. The fourth-order valence-electron chi connectivity index (χ4n) is 1.74. The molecule has 0 saturated carbocycles. The van der Waals surface area contributed by atoms with E-state index in [1.807, 2.05) is 25.5 Å². The lowest BCUT2D eigenvalue weighted by molar-refractivity contribution is -0.138. The van der Waals surface area contributed by atoms with Crippen molar-refractivity contribution in [1.29, 1.82) is 0 Å². The zero-order valence-electron chi connectivity index (χ0n) is 9.52. The van der Waals surface area contributed by atoms with Crippen molar-refractivity contribution in [3.63, 3.8) is 0 Å². The highest BCUT2D eigenvalue weighted by atomic mass is 32.2. The number of carbonyl (C=O) groups is 1. The van der Waals surface area contributed by atoms with E-state index in [9.17, 15) is 4.79 Å². The summed E-state index contributed by atoms with van der Waals surface area (Å²) < 4.78 is 2.02. The minimum atomic E-state index is -0.794. The summed E-state index contributed by atoms with van der Waals surface area (Å²) in [4.78, 5) is 15.3. The summed E-state index contributed by atoms with van der Waals surface area (Å²) in [7, 11) is 1.96. The van der Waals surface area contributed by atoms with Gasteiger partial charge in [-0.05, 0) is 13.8 Å². The first-order valence-electron chi connectivity index (χ1n) is 5.11. The molecule has 1 aliphatic heterocycles. The number of hydrogen-bond acceptors (Lipinski definition) is 4. The van der Waals surface area contributed by atoms with E-state index in [-0.39, 0.29) is 5.37 Å². The number of nitrogens with one attached hydrogen (secondary N) is 1. The predicted molar refractivity (Wildman–Crippen MR) is 62.4 cm³/mol.